The van der Waals surface area contributed by atoms with E-state index in [9.17, 15) is 0 Å². The van der Waals surface area contributed by atoms with Crippen LogP contribution in [0.1, 0.15) is 22.9 Å². The van der Waals surface area contributed by atoms with Crippen molar-refractivity contribution in [3.05, 3.63) is 271 Å². The van der Waals surface area contributed by atoms with Crippen molar-refractivity contribution in [3.63, 3.8) is 0 Å². The summed E-state index contributed by atoms with van der Waals surface area (Å²) in [6.07, 6.45) is -0.531. The summed E-state index contributed by atoms with van der Waals surface area (Å²) in [5.41, 5.74) is 14.5. The Morgan fingerprint density at radius 3 is 1.68 bits per heavy atom. The van der Waals surface area contributed by atoms with Gasteiger partial charge in [0.2, 0.25) is 0 Å². The highest BCUT2D eigenvalue weighted by molar-refractivity contribution is 6.27. The number of nitrogens with one attached hydrogen (secondary N) is 1. The minimum absolute atomic E-state index is 0.531. The molecule has 1 aliphatic rings. The summed E-state index contributed by atoms with van der Waals surface area (Å²) < 4.78 is 14.2. The third-order valence-electron chi connectivity index (χ3n) is 16.2. The normalized spacial score (nSPS) is 14.0. The highest BCUT2D eigenvalue weighted by Crippen LogP contribution is 2.43. The first kappa shape index (κ1) is 42.8. The number of benzene rings is 12. The largest absolute Gasteiger partial charge is 0.455 e. The number of hydrogen-bond acceptors (Lipinski definition) is 4. The molecule has 1 atom stereocenters. The highest BCUT2D eigenvalue weighted by Gasteiger charge is 2.29. The molecular formula is C71H44N6O. The molecule has 17 rings (SSSR count). The number of amidine groups is 2. The van der Waals surface area contributed by atoms with Gasteiger partial charge in [0.25, 0.3) is 0 Å². The number of aliphatic imine (C=N–C) groups is 2. The van der Waals surface area contributed by atoms with Crippen LogP contribution in [0.5, 0.6) is 0 Å². The van der Waals surface area contributed by atoms with E-state index in [1.165, 1.54) is 32.4 Å². The molecule has 1 aliphatic heterocycles. The SMILES string of the molecule is c1ccc(-n2c3ccccc3c3cc(C4=NC(c5cc6ccc(-n7c8ccccc8c8cc9ccccc9cc87)cc6c6c5oc5ccccc56)=NC(c5cccc6c5c5ccccc5n6-c5ccccc5)N4)ccc32)cc1. The van der Waals surface area contributed by atoms with E-state index < -0.39 is 6.17 Å². The van der Waals surface area contributed by atoms with E-state index in [4.69, 9.17) is 14.4 Å². The number of fused-ring (bicyclic) bond motifs is 15. The van der Waals surface area contributed by atoms with Crippen LogP contribution < -0.4 is 5.32 Å². The van der Waals surface area contributed by atoms with Crippen LogP contribution in [0.3, 0.4) is 0 Å². The van der Waals surface area contributed by atoms with Crippen LogP contribution in [0.25, 0.3) is 126 Å². The lowest BCUT2D eigenvalue weighted by atomic mass is 9.98. The molecule has 0 saturated carbocycles. The lowest BCUT2D eigenvalue weighted by Gasteiger charge is -2.25. The Hall–Kier alpha value is -10.5. The fourth-order valence-corrected chi connectivity index (χ4v) is 12.8. The quantitative estimate of drug-likeness (QED) is 0.180. The van der Waals surface area contributed by atoms with Crippen molar-refractivity contribution in [2.45, 2.75) is 6.17 Å². The summed E-state index contributed by atoms with van der Waals surface area (Å²) in [6.45, 7) is 0. The molecule has 78 heavy (non-hydrogen) atoms. The van der Waals surface area contributed by atoms with Gasteiger partial charge in [0.05, 0.1) is 38.7 Å². The van der Waals surface area contributed by atoms with Gasteiger partial charge in [-0.15, -0.1) is 0 Å². The summed E-state index contributed by atoms with van der Waals surface area (Å²) in [6, 6.07) is 91.5. The van der Waals surface area contributed by atoms with E-state index in [0.717, 1.165) is 116 Å². The monoisotopic (exact) mass is 996 g/mol. The second-order valence-corrected chi connectivity index (χ2v) is 20.5. The summed E-state index contributed by atoms with van der Waals surface area (Å²) in [5.74, 6) is 1.32. The van der Waals surface area contributed by atoms with Gasteiger partial charge in [0.15, 0.2) is 5.84 Å². The van der Waals surface area contributed by atoms with Crippen LogP contribution in [-0.4, -0.2) is 25.4 Å². The van der Waals surface area contributed by atoms with E-state index >= 15 is 0 Å². The minimum atomic E-state index is -0.531. The van der Waals surface area contributed by atoms with Crippen LogP contribution >= 0.6 is 0 Å². The summed E-state index contributed by atoms with van der Waals surface area (Å²) in [5, 5.41) is 17.7. The topological polar surface area (TPSA) is 64.7 Å². The van der Waals surface area contributed by atoms with E-state index in [-0.39, 0.29) is 0 Å². The molecule has 0 radical (unpaired) electrons. The molecule has 1 unspecified atom stereocenters. The zero-order chi connectivity index (χ0) is 51.0. The van der Waals surface area contributed by atoms with Crippen molar-refractivity contribution in [2.75, 3.05) is 0 Å². The standard InChI is InChI=1S/C71H44N6O/c1-3-20-47(21-4-1)75-59-29-13-9-24-50(59)56-40-46(35-37-62(56)75)69-72-70(54-28-17-32-63-66(54)52-26-11-15-31-61(52)76(63)48-22-5-2-6-23-48)74-71(73-69)58-39-45-34-36-49(42-55(45)67-53-27-12-16-33-65(53)78-68(58)67)77-60-30-14-10-25-51(60)57-38-43-18-7-8-19-44(43)41-64(57)77/h1-42,70H,(H,72,73,74). The van der Waals surface area contributed by atoms with Crippen molar-refractivity contribution in [1.82, 2.24) is 19.0 Å². The van der Waals surface area contributed by atoms with E-state index in [2.05, 4.69) is 268 Å². The Kier molecular flexibility index (Phi) is 9.06. The Bertz CT molecular complexity index is 5250. The number of aromatic nitrogens is 3. The van der Waals surface area contributed by atoms with Crippen LogP contribution in [0.2, 0.25) is 0 Å². The Labute approximate surface area is 446 Å². The van der Waals surface area contributed by atoms with Gasteiger partial charge in [-0.2, -0.15) is 0 Å². The second kappa shape index (κ2) is 16.5. The summed E-state index contributed by atoms with van der Waals surface area (Å²) in [4.78, 5) is 11.3. The van der Waals surface area contributed by atoms with E-state index in [1.807, 2.05) is 6.07 Å². The van der Waals surface area contributed by atoms with Crippen LogP contribution in [0.4, 0.5) is 0 Å². The maximum absolute atomic E-state index is 7.09. The Balaban J connectivity index is 0.912. The van der Waals surface area contributed by atoms with Crippen LogP contribution in [0.15, 0.2) is 269 Å². The van der Waals surface area contributed by atoms with Gasteiger partial charge in [0, 0.05) is 71.3 Å². The Morgan fingerprint density at radius 2 is 0.936 bits per heavy atom. The van der Waals surface area contributed by atoms with Gasteiger partial charge in [-0.25, -0.2) is 9.98 Å². The molecule has 1 N–H and O–H groups in total. The number of hydrogen-bond donors (Lipinski definition) is 1. The van der Waals surface area contributed by atoms with Crippen molar-refractivity contribution in [2.24, 2.45) is 9.98 Å². The average molecular weight is 997 g/mol. The molecule has 4 aromatic heterocycles. The number of furan rings is 1. The van der Waals surface area contributed by atoms with Gasteiger partial charge >= 0.3 is 0 Å². The zero-order valence-electron chi connectivity index (χ0n) is 42.0. The molecule has 0 bridgehead atoms. The number of para-hydroxylation sites is 6. The molecule has 16 aromatic rings. The van der Waals surface area contributed by atoms with Gasteiger partial charge in [-0.1, -0.05) is 152 Å². The molecule has 7 heteroatoms. The molecule has 5 heterocycles. The lowest BCUT2D eigenvalue weighted by molar-refractivity contribution is 0.665. The first-order valence-electron chi connectivity index (χ1n) is 26.6. The van der Waals surface area contributed by atoms with E-state index in [1.54, 1.807) is 0 Å². The fraction of sp³-hybridized carbons (Fsp3) is 0.0141. The maximum atomic E-state index is 7.09. The second-order valence-electron chi connectivity index (χ2n) is 20.5. The van der Waals surface area contributed by atoms with Gasteiger partial charge in [-0.05, 0) is 125 Å². The molecule has 364 valence electrons. The third kappa shape index (κ3) is 6.27. The maximum Gasteiger partial charge on any atom is 0.163 e. The molecule has 0 saturated heterocycles. The van der Waals surface area contributed by atoms with Gasteiger partial charge in [-0.3, -0.25) is 0 Å². The number of rotatable bonds is 6. The molecule has 0 spiro atoms. The molecule has 0 amide bonds. The number of nitrogens with zero attached hydrogens (tertiary/aromatic N) is 5. The molecule has 12 aromatic carbocycles. The minimum Gasteiger partial charge on any atom is -0.455 e. The summed E-state index contributed by atoms with van der Waals surface area (Å²) >= 11 is 0. The first-order valence-corrected chi connectivity index (χ1v) is 26.6. The Morgan fingerprint density at radius 1 is 0.359 bits per heavy atom. The van der Waals surface area contributed by atoms with Crippen molar-refractivity contribution < 1.29 is 4.42 Å². The van der Waals surface area contributed by atoms with E-state index in [0.29, 0.717) is 5.84 Å². The van der Waals surface area contributed by atoms with Gasteiger partial charge in [0.1, 0.15) is 23.2 Å². The molecule has 0 fully saturated rings. The lowest BCUT2D eigenvalue weighted by Crippen LogP contribution is -2.33. The van der Waals surface area contributed by atoms with Gasteiger partial charge < -0.3 is 23.4 Å². The molecule has 0 aliphatic carbocycles. The molecule has 7 nitrogen and oxygen atoms in total. The smallest absolute Gasteiger partial charge is 0.163 e. The highest BCUT2D eigenvalue weighted by atomic mass is 16.3. The van der Waals surface area contributed by atoms with Crippen LogP contribution in [0, 0.1) is 0 Å². The van der Waals surface area contributed by atoms with Crippen LogP contribution in [-0.2, 0) is 0 Å². The van der Waals surface area contributed by atoms with Crippen molar-refractivity contribution in [1.29, 1.82) is 0 Å². The molecular weight excluding hydrogens is 953 g/mol. The van der Waals surface area contributed by atoms with Crippen molar-refractivity contribution >= 4 is 121 Å². The predicted octanol–water partition coefficient (Wildman–Crippen LogP) is 17.7. The first-order chi connectivity index (χ1) is 38.7. The fourth-order valence-electron chi connectivity index (χ4n) is 12.8. The van der Waals surface area contributed by atoms with Crippen molar-refractivity contribution in [3.8, 4) is 17.1 Å². The summed E-state index contributed by atoms with van der Waals surface area (Å²) in [7, 11) is 0. The zero-order valence-corrected chi connectivity index (χ0v) is 42.0. The third-order valence-corrected chi connectivity index (χ3v) is 16.2. The predicted molar refractivity (Wildman–Crippen MR) is 324 cm³/mol. The average Bonchev–Trinajstić information content (AvgIpc) is 4.35.